The van der Waals surface area contributed by atoms with E-state index in [1.54, 1.807) is 12.4 Å². The second-order valence-electron chi connectivity index (χ2n) is 6.37. The number of aromatic nitrogens is 2. The van der Waals surface area contributed by atoms with Gasteiger partial charge in [-0.05, 0) is 57.9 Å². The second kappa shape index (κ2) is 9.17. The lowest BCUT2D eigenvalue weighted by molar-refractivity contribution is 0.0938. The first kappa shape index (κ1) is 19.7. The van der Waals surface area contributed by atoms with E-state index in [1.165, 1.54) is 5.69 Å². The zero-order valence-corrected chi connectivity index (χ0v) is 16.3. The van der Waals surface area contributed by atoms with Crippen LogP contribution < -0.4 is 15.5 Å². The van der Waals surface area contributed by atoms with Crippen LogP contribution in [0.5, 0.6) is 0 Å². The van der Waals surface area contributed by atoms with E-state index in [0.29, 0.717) is 11.5 Å². The lowest BCUT2D eigenvalue weighted by Crippen LogP contribution is -2.32. The van der Waals surface area contributed by atoms with Crippen LogP contribution in [0.1, 0.15) is 50.0 Å². The topological polar surface area (TPSA) is 70.2 Å². The van der Waals surface area contributed by atoms with E-state index in [0.717, 1.165) is 30.8 Å². The molecule has 0 bridgehead atoms. The summed E-state index contributed by atoms with van der Waals surface area (Å²) >= 11 is 0. The molecular formula is C20H29N5O. The molecule has 2 N–H and O–H groups in total. The standard InChI is InChI=1S/C20H29N5O/c1-6-15(5)23-19(26)16-12-21-20(22-13-16)24-18-10-9-17(11-14(18)4)25(7-2)8-3/h9-13,15H,6-8H2,1-5H3,(H,23,26)(H,21,22,24). The van der Waals surface area contributed by atoms with Crippen LogP contribution in [-0.4, -0.2) is 35.0 Å². The van der Waals surface area contributed by atoms with Crippen LogP contribution in [0.4, 0.5) is 17.3 Å². The third-order valence-corrected chi connectivity index (χ3v) is 4.49. The molecule has 2 aromatic rings. The van der Waals surface area contributed by atoms with Crippen molar-refractivity contribution in [2.45, 2.75) is 47.1 Å². The Morgan fingerprint density at radius 3 is 2.35 bits per heavy atom. The van der Waals surface area contributed by atoms with Gasteiger partial charge < -0.3 is 15.5 Å². The highest BCUT2D eigenvalue weighted by molar-refractivity contribution is 5.93. The van der Waals surface area contributed by atoms with Crippen molar-refractivity contribution in [2.24, 2.45) is 0 Å². The molecule has 1 aromatic heterocycles. The molecule has 0 aliphatic rings. The van der Waals surface area contributed by atoms with Gasteiger partial charge in [0, 0.05) is 42.9 Å². The minimum absolute atomic E-state index is 0.132. The molecule has 6 heteroatoms. The lowest BCUT2D eigenvalue weighted by Gasteiger charge is -2.22. The van der Waals surface area contributed by atoms with Crippen molar-refractivity contribution >= 4 is 23.2 Å². The van der Waals surface area contributed by atoms with Gasteiger partial charge in [-0.15, -0.1) is 0 Å². The van der Waals surface area contributed by atoms with E-state index < -0.39 is 0 Å². The summed E-state index contributed by atoms with van der Waals surface area (Å²) in [5.41, 5.74) is 3.75. The molecule has 0 saturated carbocycles. The Bertz CT molecular complexity index is 725. The average Bonchev–Trinajstić information content (AvgIpc) is 2.65. The fourth-order valence-corrected chi connectivity index (χ4v) is 2.61. The number of nitrogens with one attached hydrogen (secondary N) is 2. The van der Waals surface area contributed by atoms with Crippen molar-refractivity contribution in [1.29, 1.82) is 0 Å². The number of carbonyl (C=O) groups excluding carboxylic acids is 1. The highest BCUT2D eigenvalue weighted by Crippen LogP contribution is 2.24. The monoisotopic (exact) mass is 355 g/mol. The predicted molar refractivity (Wildman–Crippen MR) is 107 cm³/mol. The summed E-state index contributed by atoms with van der Waals surface area (Å²) in [5.74, 6) is 0.328. The third kappa shape index (κ3) is 4.94. The van der Waals surface area contributed by atoms with E-state index in [1.807, 2.05) is 19.9 Å². The molecule has 1 amide bonds. The summed E-state index contributed by atoms with van der Waals surface area (Å²) in [6.45, 7) is 12.3. The normalized spacial score (nSPS) is 11.7. The maximum Gasteiger partial charge on any atom is 0.254 e. The van der Waals surface area contributed by atoms with E-state index in [-0.39, 0.29) is 11.9 Å². The van der Waals surface area contributed by atoms with Gasteiger partial charge in [-0.1, -0.05) is 6.92 Å². The van der Waals surface area contributed by atoms with Gasteiger partial charge in [0.1, 0.15) is 0 Å². The van der Waals surface area contributed by atoms with Crippen LogP contribution in [0.15, 0.2) is 30.6 Å². The molecule has 0 aliphatic heterocycles. The van der Waals surface area contributed by atoms with Crippen LogP contribution in [0.25, 0.3) is 0 Å². The molecule has 0 fully saturated rings. The molecule has 6 nitrogen and oxygen atoms in total. The van der Waals surface area contributed by atoms with Gasteiger partial charge in [0.2, 0.25) is 5.95 Å². The fraction of sp³-hybridized carbons (Fsp3) is 0.450. The summed E-state index contributed by atoms with van der Waals surface area (Å²) in [6.07, 6.45) is 3.98. The van der Waals surface area contributed by atoms with Crippen molar-refractivity contribution in [3.8, 4) is 0 Å². The summed E-state index contributed by atoms with van der Waals surface area (Å²) < 4.78 is 0. The van der Waals surface area contributed by atoms with Gasteiger partial charge in [0.25, 0.3) is 5.91 Å². The number of carbonyl (C=O) groups is 1. The largest absolute Gasteiger partial charge is 0.372 e. The Labute approximate surface area is 156 Å². The van der Waals surface area contributed by atoms with Crippen LogP contribution in [0.2, 0.25) is 0 Å². The Balaban J connectivity index is 2.08. The number of hydrogen-bond acceptors (Lipinski definition) is 5. The Morgan fingerprint density at radius 2 is 1.81 bits per heavy atom. The number of rotatable bonds is 8. The van der Waals surface area contributed by atoms with Gasteiger partial charge in [-0.2, -0.15) is 0 Å². The van der Waals surface area contributed by atoms with Crippen molar-refractivity contribution < 1.29 is 4.79 Å². The third-order valence-electron chi connectivity index (χ3n) is 4.49. The van der Waals surface area contributed by atoms with Gasteiger partial charge >= 0.3 is 0 Å². The first-order valence-electron chi connectivity index (χ1n) is 9.23. The highest BCUT2D eigenvalue weighted by atomic mass is 16.1. The minimum atomic E-state index is -0.148. The lowest BCUT2D eigenvalue weighted by atomic mass is 10.1. The zero-order chi connectivity index (χ0) is 19.1. The molecular weight excluding hydrogens is 326 g/mol. The average molecular weight is 355 g/mol. The second-order valence-corrected chi connectivity index (χ2v) is 6.37. The van der Waals surface area contributed by atoms with Gasteiger partial charge in [0.15, 0.2) is 0 Å². The molecule has 140 valence electrons. The molecule has 0 radical (unpaired) electrons. The molecule has 2 rings (SSSR count). The van der Waals surface area contributed by atoms with Crippen molar-refractivity contribution in [3.63, 3.8) is 0 Å². The molecule has 1 atom stereocenters. The Morgan fingerprint density at radius 1 is 1.15 bits per heavy atom. The quantitative estimate of drug-likeness (QED) is 0.751. The molecule has 0 saturated heterocycles. The predicted octanol–water partition coefficient (Wildman–Crippen LogP) is 3.90. The number of aryl methyl sites for hydroxylation is 1. The summed E-state index contributed by atoms with van der Waals surface area (Å²) in [4.78, 5) is 22.9. The van der Waals surface area contributed by atoms with Crippen molar-refractivity contribution in [1.82, 2.24) is 15.3 Å². The first-order chi connectivity index (χ1) is 12.5. The zero-order valence-electron chi connectivity index (χ0n) is 16.3. The van der Waals surface area contributed by atoms with Gasteiger partial charge in [0.05, 0.1) is 5.56 Å². The van der Waals surface area contributed by atoms with Crippen LogP contribution in [-0.2, 0) is 0 Å². The van der Waals surface area contributed by atoms with Crippen LogP contribution >= 0.6 is 0 Å². The van der Waals surface area contributed by atoms with Crippen LogP contribution in [0, 0.1) is 6.92 Å². The van der Waals surface area contributed by atoms with E-state index >= 15 is 0 Å². The smallest absolute Gasteiger partial charge is 0.254 e. The number of nitrogens with zero attached hydrogens (tertiary/aromatic N) is 3. The SMILES string of the molecule is CCC(C)NC(=O)c1cnc(Nc2ccc(N(CC)CC)cc2C)nc1. The van der Waals surface area contributed by atoms with E-state index in [9.17, 15) is 4.79 Å². The molecule has 26 heavy (non-hydrogen) atoms. The highest BCUT2D eigenvalue weighted by Gasteiger charge is 2.10. The Hall–Kier alpha value is -2.63. The number of anilines is 3. The summed E-state index contributed by atoms with van der Waals surface area (Å²) in [7, 11) is 0. The maximum absolute atomic E-state index is 12.1. The molecule has 0 spiro atoms. The summed E-state index contributed by atoms with van der Waals surface area (Å²) in [6, 6.07) is 6.42. The fourth-order valence-electron chi connectivity index (χ4n) is 2.61. The number of hydrogen-bond donors (Lipinski definition) is 2. The first-order valence-corrected chi connectivity index (χ1v) is 9.23. The van der Waals surface area contributed by atoms with Crippen molar-refractivity contribution in [2.75, 3.05) is 23.3 Å². The van der Waals surface area contributed by atoms with Gasteiger partial charge in [-0.25, -0.2) is 9.97 Å². The number of amides is 1. The minimum Gasteiger partial charge on any atom is -0.372 e. The van der Waals surface area contributed by atoms with E-state index in [4.69, 9.17) is 0 Å². The molecule has 0 aliphatic carbocycles. The van der Waals surface area contributed by atoms with Crippen molar-refractivity contribution in [3.05, 3.63) is 41.7 Å². The molecule has 1 heterocycles. The molecule has 1 aromatic carbocycles. The van der Waals surface area contributed by atoms with E-state index in [2.05, 4.69) is 58.4 Å². The summed E-state index contributed by atoms with van der Waals surface area (Å²) in [5, 5.41) is 6.13. The maximum atomic E-state index is 12.1. The van der Waals surface area contributed by atoms with Crippen LogP contribution in [0.3, 0.4) is 0 Å². The Kier molecular flexibility index (Phi) is 6.95. The molecule has 1 unspecified atom stereocenters. The van der Waals surface area contributed by atoms with Gasteiger partial charge in [-0.3, -0.25) is 4.79 Å². The number of benzene rings is 1.